The molecule has 1 N–H and O–H groups in total. The van der Waals surface area contributed by atoms with Crippen molar-refractivity contribution in [2.45, 2.75) is 37.8 Å². The number of nitrogens with zero attached hydrogens (tertiary/aromatic N) is 2. The van der Waals surface area contributed by atoms with E-state index in [1.54, 1.807) is 12.1 Å². The number of thiazole rings is 1. The maximum Gasteiger partial charge on any atom is 0.133 e. The Hall–Kier alpha value is -1.30. The van der Waals surface area contributed by atoms with E-state index < -0.39 is 5.60 Å². The van der Waals surface area contributed by atoms with Crippen LogP contribution in [0, 0.1) is 11.7 Å². The monoisotopic (exact) mass is 332 g/mol. The summed E-state index contributed by atoms with van der Waals surface area (Å²) in [6, 6.07) is 6.78. The van der Waals surface area contributed by atoms with Crippen molar-refractivity contribution < 1.29 is 9.50 Å². The van der Waals surface area contributed by atoms with Crippen LogP contribution >= 0.6 is 11.3 Å². The number of benzene rings is 1. The van der Waals surface area contributed by atoms with Crippen LogP contribution in [0.1, 0.15) is 31.4 Å². The third kappa shape index (κ3) is 3.18. The third-order valence-electron chi connectivity index (χ3n) is 5.10. The van der Waals surface area contributed by atoms with Gasteiger partial charge in [0.25, 0.3) is 0 Å². The molecule has 0 atom stereocenters. The van der Waals surface area contributed by atoms with Crippen molar-refractivity contribution >= 4 is 11.3 Å². The van der Waals surface area contributed by atoms with Gasteiger partial charge in [-0.1, -0.05) is 12.1 Å². The molecule has 1 aliphatic carbocycles. The summed E-state index contributed by atoms with van der Waals surface area (Å²) in [4.78, 5) is 6.94. The van der Waals surface area contributed by atoms with Crippen LogP contribution in [0.2, 0.25) is 0 Å². The number of rotatable bonds is 4. The lowest BCUT2D eigenvalue weighted by Gasteiger charge is -2.38. The zero-order valence-electron chi connectivity index (χ0n) is 13.0. The van der Waals surface area contributed by atoms with Crippen LogP contribution in [-0.2, 0) is 6.54 Å². The number of aromatic nitrogens is 1. The highest BCUT2D eigenvalue weighted by molar-refractivity contribution is 7.13. The molecule has 0 radical (unpaired) electrons. The summed E-state index contributed by atoms with van der Waals surface area (Å²) in [6.07, 6.45) is 4.10. The number of halogens is 1. The minimum absolute atomic E-state index is 0.221. The molecule has 4 rings (SSSR count). The molecule has 1 saturated carbocycles. The van der Waals surface area contributed by atoms with E-state index in [1.165, 1.54) is 30.2 Å². The molecule has 2 heterocycles. The zero-order chi connectivity index (χ0) is 15.9. The van der Waals surface area contributed by atoms with E-state index in [9.17, 15) is 9.50 Å². The first-order valence-electron chi connectivity index (χ1n) is 8.28. The van der Waals surface area contributed by atoms with Crippen molar-refractivity contribution in [2.24, 2.45) is 5.92 Å². The third-order valence-corrected chi connectivity index (χ3v) is 6.03. The predicted molar refractivity (Wildman–Crippen MR) is 89.7 cm³/mol. The Morgan fingerprint density at radius 2 is 2.00 bits per heavy atom. The molecule has 0 bridgehead atoms. The van der Waals surface area contributed by atoms with Gasteiger partial charge in [0.2, 0.25) is 0 Å². The van der Waals surface area contributed by atoms with E-state index in [0.29, 0.717) is 11.5 Å². The maximum atomic E-state index is 13.8. The molecule has 5 heteroatoms. The number of hydrogen-bond donors (Lipinski definition) is 1. The molecule has 122 valence electrons. The summed E-state index contributed by atoms with van der Waals surface area (Å²) in [6.45, 7) is 2.62. The van der Waals surface area contributed by atoms with Crippen LogP contribution in [0.3, 0.4) is 0 Å². The molecule has 2 aliphatic rings. The van der Waals surface area contributed by atoms with Crippen molar-refractivity contribution in [1.82, 2.24) is 9.88 Å². The molecule has 2 aromatic rings. The number of hydrogen-bond acceptors (Lipinski definition) is 4. The average Bonchev–Trinajstić information content (AvgIpc) is 3.32. The standard InChI is InChI=1S/C18H21FN2OS/c19-16-4-2-1-3-15(16)17-20-14(12-23-17)11-21-9-7-18(22,8-10-21)13-5-6-13/h1-4,12-13,22H,5-11H2. The van der Waals surface area contributed by atoms with Crippen LogP contribution in [0.25, 0.3) is 10.6 Å². The highest BCUT2D eigenvalue weighted by Crippen LogP contribution is 2.45. The molecular formula is C18H21FN2OS. The Bertz CT molecular complexity index is 690. The summed E-state index contributed by atoms with van der Waals surface area (Å²) in [5, 5.41) is 13.4. The quantitative estimate of drug-likeness (QED) is 0.928. The van der Waals surface area contributed by atoms with Gasteiger partial charge in [0.05, 0.1) is 11.3 Å². The van der Waals surface area contributed by atoms with E-state index in [4.69, 9.17) is 0 Å². The lowest BCUT2D eigenvalue weighted by atomic mass is 9.87. The smallest absolute Gasteiger partial charge is 0.133 e. The summed E-state index contributed by atoms with van der Waals surface area (Å²) in [5.41, 5.74) is 1.15. The first-order valence-corrected chi connectivity index (χ1v) is 9.16. The van der Waals surface area contributed by atoms with Crippen LogP contribution in [0.5, 0.6) is 0 Å². The minimum atomic E-state index is -0.420. The van der Waals surface area contributed by atoms with Gasteiger partial charge in [0, 0.05) is 30.6 Å². The Morgan fingerprint density at radius 3 is 2.70 bits per heavy atom. The van der Waals surface area contributed by atoms with E-state index in [-0.39, 0.29) is 5.82 Å². The van der Waals surface area contributed by atoms with E-state index in [0.717, 1.165) is 43.2 Å². The summed E-state index contributed by atoms with van der Waals surface area (Å²) < 4.78 is 13.8. The Labute approximate surface area is 139 Å². The van der Waals surface area contributed by atoms with Crippen LogP contribution in [0.15, 0.2) is 29.6 Å². The molecule has 1 aromatic carbocycles. The van der Waals surface area contributed by atoms with Gasteiger partial charge in [0.1, 0.15) is 10.8 Å². The Morgan fingerprint density at radius 1 is 1.26 bits per heavy atom. The first-order chi connectivity index (χ1) is 11.1. The lowest BCUT2D eigenvalue weighted by Crippen LogP contribution is -2.45. The van der Waals surface area contributed by atoms with Gasteiger partial charge < -0.3 is 5.11 Å². The summed E-state index contributed by atoms with van der Waals surface area (Å²) in [5.74, 6) is 0.317. The molecule has 2 fully saturated rings. The number of aliphatic hydroxyl groups is 1. The highest BCUT2D eigenvalue weighted by atomic mass is 32.1. The molecule has 0 spiro atoms. The molecule has 0 amide bonds. The fourth-order valence-corrected chi connectivity index (χ4v) is 4.33. The molecule has 1 aliphatic heterocycles. The van der Waals surface area contributed by atoms with Crippen LogP contribution in [-0.4, -0.2) is 33.7 Å². The van der Waals surface area contributed by atoms with Gasteiger partial charge in [-0.2, -0.15) is 0 Å². The van der Waals surface area contributed by atoms with E-state index >= 15 is 0 Å². The van der Waals surface area contributed by atoms with Crippen molar-refractivity contribution in [1.29, 1.82) is 0 Å². The second-order valence-electron chi connectivity index (χ2n) is 6.78. The number of likely N-dealkylation sites (tertiary alicyclic amines) is 1. The molecule has 1 saturated heterocycles. The fourth-order valence-electron chi connectivity index (χ4n) is 3.49. The van der Waals surface area contributed by atoms with Gasteiger partial charge in [-0.25, -0.2) is 9.37 Å². The Kier molecular flexibility index (Phi) is 3.95. The van der Waals surface area contributed by atoms with Crippen molar-refractivity contribution in [3.05, 3.63) is 41.2 Å². The average molecular weight is 332 g/mol. The van der Waals surface area contributed by atoms with Crippen molar-refractivity contribution in [3.63, 3.8) is 0 Å². The largest absolute Gasteiger partial charge is 0.390 e. The zero-order valence-corrected chi connectivity index (χ0v) is 13.9. The van der Waals surface area contributed by atoms with Gasteiger partial charge >= 0.3 is 0 Å². The van der Waals surface area contributed by atoms with Crippen LogP contribution in [0.4, 0.5) is 4.39 Å². The lowest BCUT2D eigenvalue weighted by molar-refractivity contribution is -0.0407. The number of piperidine rings is 1. The van der Waals surface area contributed by atoms with Crippen LogP contribution < -0.4 is 0 Å². The van der Waals surface area contributed by atoms with Gasteiger partial charge in [-0.3, -0.25) is 4.90 Å². The second-order valence-corrected chi connectivity index (χ2v) is 7.64. The first kappa shape index (κ1) is 15.2. The predicted octanol–water partition coefficient (Wildman–Crippen LogP) is 3.69. The Balaban J connectivity index is 1.40. The van der Waals surface area contributed by atoms with Crippen molar-refractivity contribution in [3.8, 4) is 10.6 Å². The maximum absolute atomic E-state index is 13.8. The van der Waals surface area contributed by atoms with Crippen molar-refractivity contribution in [2.75, 3.05) is 13.1 Å². The second kappa shape index (κ2) is 5.96. The fraction of sp³-hybridized carbons (Fsp3) is 0.500. The van der Waals surface area contributed by atoms with Gasteiger partial charge in [0.15, 0.2) is 0 Å². The molecular weight excluding hydrogens is 311 g/mol. The molecule has 1 aromatic heterocycles. The van der Waals surface area contributed by atoms with E-state index in [2.05, 4.69) is 9.88 Å². The van der Waals surface area contributed by atoms with Gasteiger partial charge in [-0.05, 0) is 43.7 Å². The molecule has 23 heavy (non-hydrogen) atoms. The normalized spacial score (nSPS) is 21.5. The molecule has 0 unspecified atom stereocenters. The minimum Gasteiger partial charge on any atom is -0.390 e. The van der Waals surface area contributed by atoms with E-state index in [1.807, 2.05) is 11.4 Å². The topological polar surface area (TPSA) is 36.4 Å². The highest BCUT2D eigenvalue weighted by Gasteiger charge is 2.45. The SMILES string of the molecule is OC1(C2CC2)CCN(Cc2csc(-c3ccccc3F)n2)CC1. The summed E-state index contributed by atoms with van der Waals surface area (Å²) in [7, 11) is 0. The van der Waals surface area contributed by atoms with Gasteiger partial charge in [-0.15, -0.1) is 11.3 Å². The summed E-state index contributed by atoms with van der Waals surface area (Å²) >= 11 is 1.49. The molecule has 3 nitrogen and oxygen atoms in total.